The Morgan fingerprint density at radius 2 is 1.76 bits per heavy atom. The third kappa shape index (κ3) is 4.62. The van der Waals surface area contributed by atoms with Gasteiger partial charge in [-0.25, -0.2) is 9.50 Å². The third-order valence-electron chi connectivity index (χ3n) is 7.84. The number of alkyl halides is 3. The normalized spacial score (nSPS) is 24.1. The van der Waals surface area contributed by atoms with Crippen LogP contribution in [0, 0.1) is 11.8 Å². The molecule has 7 nitrogen and oxygen atoms in total. The minimum absolute atomic E-state index is 0.00402. The van der Waals surface area contributed by atoms with Crippen LogP contribution in [0.3, 0.4) is 0 Å². The van der Waals surface area contributed by atoms with E-state index in [2.05, 4.69) is 17.0 Å². The lowest BCUT2D eigenvalue weighted by Gasteiger charge is -2.48. The number of halogens is 3. The van der Waals surface area contributed by atoms with Crippen molar-refractivity contribution >= 4 is 11.6 Å². The third-order valence-corrected chi connectivity index (χ3v) is 7.84. The zero-order valence-electron chi connectivity index (χ0n) is 21.4. The molecule has 1 aliphatic carbocycles. The van der Waals surface area contributed by atoms with Gasteiger partial charge in [0.25, 0.3) is 5.91 Å². The average Bonchev–Trinajstić information content (AvgIpc) is 3.31. The quantitative estimate of drug-likeness (QED) is 0.434. The summed E-state index contributed by atoms with van der Waals surface area (Å²) in [6.07, 6.45) is 0.257. The van der Waals surface area contributed by atoms with Crippen LogP contribution in [0.5, 0.6) is 11.5 Å². The number of piperidine rings is 1. The standard InChI is InChI=1S/C27H31F3N4O3/c1-15-5-9-21-18(11-15)7-6-16(2)33(21)26(35)20-14-25-31-19(13-24(27(28,29)30)34(25)32-20)17-8-10-22(36-3)23(12-17)37-4/h8,10,12-16,18,21H,5-7,9,11H2,1-4H3/t15-,16-,18-,21-/m1/s1. The molecule has 10 heteroatoms. The van der Waals surface area contributed by atoms with Crippen molar-refractivity contribution in [1.29, 1.82) is 0 Å². The lowest BCUT2D eigenvalue weighted by molar-refractivity contribution is -0.142. The molecule has 1 aromatic carbocycles. The highest BCUT2D eigenvalue weighted by Gasteiger charge is 2.42. The summed E-state index contributed by atoms with van der Waals surface area (Å²) in [5.41, 5.74) is -0.552. The Balaban J connectivity index is 1.57. The molecular weight excluding hydrogens is 485 g/mol. The van der Waals surface area contributed by atoms with Gasteiger partial charge in [-0.3, -0.25) is 4.79 Å². The molecule has 1 saturated heterocycles. The van der Waals surface area contributed by atoms with Gasteiger partial charge in [-0.2, -0.15) is 18.3 Å². The molecule has 2 fully saturated rings. The second-order valence-corrected chi connectivity index (χ2v) is 10.3. The molecule has 3 aromatic rings. The van der Waals surface area contributed by atoms with Crippen LogP contribution in [0.1, 0.15) is 62.1 Å². The van der Waals surface area contributed by atoms with E-state index in [1.54, 1.807) is 18.2 Å². The number of hydrogen-bond acceptors (Lipinski definition) is 5. The molecule has 5 rings (SSSR count). The van der Waals surface area contributed by atoms with Crippen molar-refractivity contribution < 1.29 is 27.4 Å². The maximum atomic E-state index is 14.1. The van der Waals surface area contributed by atoms with Gasteiger partial charge in [0.1, 0.15) is 0 Å². The van der Waals surface area contributed by atoms with Crippen LogP contribution in [-0.4, -0.2) is 51.7 Å². The first-order chi connectivity index (χ1) is 17.6. The molecule has 3 heterocycles. The smallest absolute Gasteiger partial charge is 0.433 e. The van der Waals surface area contributed by atoms with Gasteiger partial charge in [0.2, 0.25) is 0 Å². The van der Waals surface area contributed by atoms with Crippen LogP contribution in [0.25, 0.3) is 16.9 Å². The Morgan fingerprint density at radius 3 is 2.46 bits per heavy atom. The van der Waals surface area contributed by atoms with Crippen molar-refractivity contribution in [3.05, 3.63) is 41.7 Å². The first kappa shape index (κ1) is 25.4. The molecule has 37 heavy (non-hydrogen) atoms. The first-order valence-corrected chi connectivity index (χ1v) is 12.6. The van der Waals surface area contributed by atoms with Gasteiger partial charge in [-0.1, -0.05) is 6.92 Å². The Labute approximate surface area is 213 Å². The number of aromatic nitrogens is 3. The van der Waals surface area contributed by atoms with E-state index >= 15 is 0 Å². The van der Waals surface area contributed by atoms with Crippen LogP contribution in [0.2, 0.25) is 0 Å². The zero-order valence-corrected chi connectivity index (χ0v) is 21.4. The molecule has 1 amide bonds. The van der Waals surface area contributed by atoms with Gasteiger partial charge < -0.3 is 14.4 Å². The van der Waals surface area contributed by atoms with Crippen LogP contribution in [0.15, 0.2) is 30.3 Å². The maximum absolute atomic E-state index is 14.1. The molecule has 4 atom stereocenters. The fourth-order valence-corrected chi connectivity index (χ4v) is 5.99. The van der Waals surface area contributed by atoms with Gasteiger partial charge in [-0.05, 0) is 75.1 Å². The van der Waals surface area contributed by atoms with Crippen molar-refractivity contribution in [3.8, 4) is 22.8 Å². The number of hydrogen-bond donors (Lipinski definition) is 0. The summed E-state index contributed by atoms with van der Waals surface area (Å²) in [5.74, 6) is 1.53. The summed E-state index contributed by atoms with van der Waals surface area (Å²) in [6, 6.07) is 7.19. The zero-order chi connectivity index (χ0) is 26.5. The van der Waals surface area contributed by atoms with Crippen molar-refractivity contribution in [2.24, 2.45) is 11.8 Å². The predicted molar refractivity (Wildman–Crippen MR) is 132 cm³/mol. The number of benzene rings is 1. The Bertz CT molecular complexity index is 1320. The lowest BCUT2D eigenvalue weighted by atomic mass is 9.72. The second-order valence-electron chi connectivity index (χ2n) is 10.3. The van der Waals surface area contributed by atoms with E-state index < -0.39 is 11.9 Å². The minimum Gasteiger partial charge on any atom is -0.493 e. The summed E-state index contributed by atoms with van der Waals surface area (Å²) in [6.45, 7) is 4.25. The number of fused-ring (bicyclic) bond motifs is 2. The van der Waals surface area contributed by atoms with Gasteiger partial charge in [0.05, 0.1) is 19.9 Å². The summed E-state index contributed by atoms with van der Waals surface area (Å²) < 4.78 is 53.7. The van der Waals surface area contributed by atoms with E-state index in [0.29, 0.717) is 28.9 Å². The second kappa shape index (κ2) is 9.54. The molecule has 0 spiro atoms. The first-order valence-electron chi connectivity index (χ1n) is 12.6. The molecule has 2 aromatic heterocycles. The van der Waals surface area contributed by atoms with Gasteiger partial charge in [0, 0.05) is 23.7 Å². The van der Waals surface area contributed by atoms with E-state index in [4.69, 9.17) is 9.47 Å². The minimum atomic E-state index is -4.71. The lowest BCUT2D eigenvalue weighted by Crippen LogP contribution is -2.54. The number of nitrogens with zero attached hydrogens (tertiary/aromatic N) is 4. The number of carbonyl (C=O) groups excluding carboxylic acids is 1. The van der Waals surface area contributed by atoms with Crippen LogP contribution in [-0.2, 0) is 6.18 Å². The fraction of sp³-hybridized carbons (Fsp3) is 0.519. The maximum Gasteiger partial charge on any atom is 0.433 e. The summed E-state index contributed by atoms with van der Waals surface area (Å²) in [4.78, 5) is 20.0. The van der Waals surface area contributed by atoms with E-state index in [-0.39, 0.29) is 35.0 Å². The van der Waals surface area contributed by atoms with Crippen molar-refractivity contribution in [3.63, 3.8) is 0 Å². The Hall–Kier alpha value is -3.30. The molecular formula is C27H31F3N4O3. The SMILES string of the molecule is COc1ccc(-c2cc(C(F)(F)F)n3nc(C(=O)N4[C@H](C)CC[C@@H]5C[C@H](C)CC[C@H]54)cc3n2)cc1OC. The van der Waals surface area contributed by atoms with Crippen molar-refractivity contribution in [1.82, 2.24) is 19.5 Å². The fourth-order valence-electron chi connectivity index (χ4n) is 5.99. The van der Waals surface area contributed by atoms with Crippen molar-refractivity contribution in [2.45, 2.75) is 64.2 Å². The van der Waals surface area contributed by atoms with Crippen LogP contribution < -0.4 is 9.47 Å². The van der Waals surface area contributed by atoms with E-state index in [1.165, 1.54) is 20.3 Å². The number of carbonyl (C=O) groups is 1. The number of rotatable bonds is 4. The Kier molecular flexibility index (Phi) is 6.53. The molecule has 0 radical (unpaired) electrons. The monoisotopic (exact) mass is 516 g/mol. The highest BCUT2D eigenvalue weighted by molar-refractivity contribution is 5.94. The highest BCUT2D eigenvalue weighted by Crippen LogP contribution is 2.41. The van der Waals surface area contributed by atoms with E-state index in [9.17, 15) is 18.0 Å². The van der Waals surface area contributed by atoms with Crippen LogP contribution >= 0.6 is 0 Å². The number of likely N-dealkylation sites (tertiary alicyclic amines) is 1. The molecule has 0 bridgehead atoms. The molecule has 1 aliphatic heterocycles. The van der Waals surface area contributed by atoms with Gasteiger partial charge >= 0.3 is 6.18 Å². The largest absolute Gasteiger partial charge is 0.493 e. The summed E-state index contributed by atoms with van der Waals surface area (Å²) in [7, 11) is 2.93. The number of amides is 1. The average molecular weight is 517 g/mol. The predicted octanol–water partition coefficient (Wildman–Crippen LogP) is 5.86. The molecule has 2 aliphatic rings. The number of ether oxygens (including phenoxy) is 2. The molecule has 0 unspecified atom stereocenters. The molecule has 0 N–H and O–H groups in total. The van der Waals surface area contributed by atoms with Gasteiger partial charge in [0.15, 0.2) is 28.5 Å². The van der Waals surface area contributed by atoms with Crippen LogP contribution in [0.4, 0.5) is 13.2 Å². The highest BCUT2D eigenvalue weighted by atomic mass is 19.4. The molecule has 1 saturated carbocycles. The molecule has 198 valence electrons. The Morgan fingerprint density at radius 1 is 1.00 bits per heavy atom. The number of methoxy groups -OCH3 is 2. The summed E-state index contributed by atoms with van der Waals surface area (Å²) in [5, 5.41) is 4.14. The van der Waals surface area contributed by atoms with Gasteiger partial charge in [-0.15, -0.1) is 0 Å². The van der Waals surface area contributed by atoms with E-state index in [1.807, 2.05) is 11.8 Å². The van der Waals surface area contributed by atoms with E-state index in [0.717, 1.165) is 42.7 Å². The van der Waals surface area contributed by atoms with Crippen molar-refractivity contribution in [2.75, 3.05) is 14.2 Å². The summed E-state index contributed by atoms with van der Waals surface area (Å²) >= 11 is 0. The topological polar surface area (TPSA) is 69.0 Å².